The van der Waals surface area contributed by atoms with Gasteiger partial charge in [0, 0.05) is 42.8 Å². The van der Waals surface area contributed by atoms with Crippen molar-refractivity contribution in [3.05, 3.63) is 77.5 Å². The van der Waals surface area contributed by atoms with E-state index in [0.717, 1.165) is 42.2 Å². The summed E-state index contributed by atoms with van der Waals surface area (Å²) < 4.78 is 36.6. The van der Waals surface area contributed by atoms with E-state index in [1.807, 2.05) is 18.3 Å². The first kappa shape index (κ1) is 24.1. The smallest absolute Gasteiger partial charge is 0.398 e. The molecule has 174 valence electrons. The molecule has 0 unspecified atom stereocenters. The molecule has 0 radical (unpaired) electrons. The molecule has 0 spiro atoms. The highest BCUT2D eigenvalue weighted by molar-refractivity contribution is 5.78. The third-order valence-corrected chi connectivity index (χ3v) is 5.34. The molecule has 33 heavy (non-hydrogen) atoms. The predicted molar refractivity (Wildman–Crippen MR) is 125 cm³/mol. The van der Waals surface area contributed by atoms with Crippen LogP contribution in [0.25, 0.3) is 11.3 Å². The van der Waals surface area contributed by atoms with Crippen molar-refractivity contribution in [1.82, 2.24) is 10.3 Å². The van der Waals surface area contributed by atoms with Crippen LogP contribution in [0.4, 0.5) is 24.5 Å². The Labute approximate surface area is 191 Å². The number of aromatic nitrogens is 1. The highest BCUT2D eigenvalue weighted by Gasteiger charge is 2.30. The molecule has 1 saturated heterocycles. The van der Waals surface area contributed by atoms with Gasteiger partial charge in [0.2, 0.25) is 6.41 Å². The van der Waals surface area contributed by atoms with E-state index in [4.69, 9.17) is 5.73 Å². The van der Waals surface area contributed by atoms with Crippen molar-refractivity contribution in [2.24, 2.45) is 0 Å². The van der Waals surface area contributed by atoms with E-state index in [1.165, 1.54) is 36.2 Å². The molecule has 8 heteroatoms. The molecule has 0 saturated carbocycles. The topological polar surface area (TPSA) is 71.2 Å². The van der Waals surface area contributed by atoms with E-state index in [-0.39, 0.29) is 6.54 Å². The number of hydrogen-bond donors (Lipinski definition) is 2. The Morgan fingerprint density at radius 2 is 1.85 bits per heavy atom. The zero-order chi connectivity index (χ0) is 23.8. The number of carbonyl (C=O) groups is 1. The molecule has 2 heterocycles. The third kappa shape index (κ3) is 6.71. The quantitative estimate of drug-likeness (QED) is 0.409. The van der Waals surface area contributed by atoms with E-state index in [9.17, 15) is 18.0 Å². The SMILES string of the molecule is Cc1ccnc(-c2cc(N3CCCC3)ccc2N)c1.O=CNCc1cccc(C(F)(F)F)c1. The summed E-state index contributed by atoms with van der Waals surface area (Å²) in [5, 5.41) is 2.30. The Bertz CT molecular complexity index is 1080. The summed E-state index contributed by atoms with van der Waals surface area (Å²) >= 11 is 0. The van der Waals surface area contributed by atoms with Crippen LogP contribution < -0.4 is 16.0 Å². The van der Waals surface area contributed by atoms with Gasteiger partial charge in [0.25, 0.3) is 0 Å². The minimum absolute atomic E-state index is 0.105. The van der Waals surface area contributed by atoms with Gasteiger partial charge < -0.3 is 16.0 Å². The molecule has 3 aromatic rings. The van der Waals surface area contributed by atoms with E-state index in [1.54, 1.807) is 0 Å². The molecule has 5 nitrogen and oxygen atoms in total. The number of rotatable bonds is 5. The van der Waals surface area contributed by atoms with Crippen molar-refractivity contribution in [2.75, 3.05) is 23.7 Å². The number of aryl methyl sites for hydroxylation is 1. The Hall–Kier alpha value is -3.55. The van der Waals surface area contributed by atoms with Crippen LogP contribution in [0.15, 0.2) is 60.8 Å². The lowest BCUT2D eigenvalue weighted by atomic mass is 10.1. The maximum atomic E-state index is 12.2. The Kier molecular flexibility index (Phi) is 7.92. The largest absolute Gasteiger partial charge is 0.416 e. The van der Waals surface area contributed by atoms with Crippen molar-refractivity contribution < 1.29 is 18.0 Å². The second-order valence-electron chi connectivity index (χ2n) is 7.88. The molecule has 4 rings (SSSR count). The number of amides is 1. The van der Waals surface area contributed by atoms with Gasteiger partial charge in [-0.15, -0.1) is 0 Å². The van der Waals surface area contributed by atoms with Crippen LogP contribution >= 0.6 is 0 Å². The minimum atomic E-state index is -4.34. The summed E-state index contributed by atoms with van der Waals surface area (Å²) in [5.74, 6) is 0. The number of anilines is 2. The molecule has 3 N–H and O–H groups in total. The zero-order valence-electron chi connectivity index (χ0n) is 18.4. The van der Waals surface area contributed by atoms with Gasteiger partial charge in [0.15, 0.2) is 0 Å². The normalized spacial score (nSPS) is 13.3. The molecule has 1 amide bonds. The minimum Gasteiger partial charge on any atom is -0.398 e. The standard InChI is InChI=1S/C16H19N3.C9H8F3NO/c1-12-6-7-18-16(10-12)14-11-13(4-5-15(14)17)19-8-2-3-9-19;10-9(11,12)8-3-1-2-7(4-8)5-13-6-14/h4-7,10-11H,2-3,8-9,17H2,1H3;1-4,6H,5H2,(H,13,14). The number of pyridine rings is 1. The van der Waals surface area contributed by atoms with Crippen LogP contribution in [-0.2, 0) is 17.5 Å². The van der Waals surface area contributed by atoms with Gasteiger partial charge in [-0.2, -0.15) is 13.2 Å². The van der Waals surface area contributed by atoms with Crippen molar-refractivity contribution in [3.8, 4) is 11.3 Å². The fraction of sp³-hybridized carbons (Fsp3) is 0.280. The van der Waals surface area contributed by atoms with Gasteiger partial charge in [-0.25, -0.2) is 0 Å². The van der Waals surface area contributed by atoms with Gasteiger partial charge in [-0.3, -0.25) is 9.78 Å². The van der Waals surface area contributed by atoms with Crippen LogP contribution in [0.1, 0.15) is 29.5 Å². The second kappa shape index (κ2) is 10.8. The number of nitrogens with one attached hydrogen (secondary N) is 1. The van der Waals surface area contributed by atoms with Gasteiger partial charge >= 0.3 is 6.18 Å². The van der Waals surface area contributed by atoms with Gasteiger partial charge in [-0.05, 0) is 73.4 Å². The number of carbonyl (C=O) groups excluding carboxylic acids is 1. The molecule has 1 fully saturated rings. The van der Waals surface area contributed by atoms with Gasteiger partial charge in [-0.1, -0.05) is 12.1 Å². The number of alkyl halides is 3. The summed E-state index contributed by atoms with van der Waals surface area (Å²) in [7, 11) is 0. The number of nitrogen functional groups attached to an aromatic ring is 1. The fourth-order valence-corrected chi connectivity index (χ4v) is 3.64. The monoisotopic (exact) mass is 456 g/mol. The van der Waals surface area contributed by atoms with E-state index in [0.29, 0.717) is 12.0 Å². The van der Waals surface area contributed by atoms with Crippen molar-refractivity contribution >= 4 is 17.8 Å². The van der Waals surface area contributed by atoms with Crippen molar-refractivity contribution in [3.63, 3.8) is 0 Å². The van der Waals surface area contributed by atoms with Crippen LogP contribution in [0.3, 0.4) is 0 Å². The lowest BCUT2D eigenvalue weighted by Crippen LogP contribution is -2.17. The van der Waals surface area contributed by atoms with Gasteiger partial charge in [0.05, 0.1) is 11.3 Å². The summed E-state index contributed by atoms with van der Waals surface area (Å²) in [4.78, 5) is 16.8. The number of benzene rings is 2. The van der Waals surface area contributed by atoms with Crippen molar-refractivity contribution in [2.45, 2.75) is 32.5 Å². The molecule has 0 bridgehead atoms. The van der Waals surface area contributed by atoms with E-state index < -0.39 is 11.7 Å². The maximum Gasteiger partial charge on any atom is 0.416 e. The lowest BCUT2D eigenvalue weighted by molar-refractivity contribution is -0.137. The molecular weight excluding hydrogens is 429 g/mol. The van der Waals surface area contributed by atoms with Crippen molar-refractivity contribution in [1.29, 1.82) is 0 Å². The number of nitrogens with zero attached hydrogens (tertiary/aromatic N) is 2. The van der Waals surface area contributed by atoms with E-state index >= 15 is 0 Å². The average molecular weight is 457 g/mol. The molecule has 0 aliphatic carbocycles. The number of hydrogen-bond acceptors (Lipinski definition) is 4. The molecule has 1 aliphatic heterocycles. The van der Waals surface area contributed by atoms with Crippen LogP contribution in [0.2, 0.25) is 0 Å². The average Bonchev–Trinajstić information content (AvgIpc) is 3.33. The van der Waals surface area contributed by atoms with E-state index in [2.05, 4.69) is 40.3 Å². The summed E-state index contributed by atoms with van der Waals surface area (Å²) in [6.07, 6.45) is 0.509. The molecule has 2 aromatic carbocycles. The van der Waals surface area contributed by atoms with Crippen LogP contribution in [0.5, 0.6) is 0 Å². The highest BCUT2D eigenvalue weighted by Crippen LogP contribution is 2.31. The first-order valence-electron chi connectivity index (χ1n) is 10.7. The Balaban J connectivity index is 0.000000196. The molecule has 1 aliphatic rings. The molecular formula is C25H27F3N4O. The summed E-state index contributed by atoms with van der Waals surface area (Å²) in [6, 6.07) is 15.2. The van der Waals surface area contributed by atoms with Crippen LogP contribution in [0, 0.1) is 6.92 Å². The zero-order valence-corrected chi connectivity index (χ0v) is 18.4. The lowest BCUT2D eigenvalue weighted by Gasteiger charge is -2.19. The molecule has 0 atom stereocenters. The predicted octanol–water partition coefficient (Wildman–Crippen LogP) is 5.19. The maximum absolute atomic E-state index is 12.2. The second-order valence-corrected chi connectivity index (χ2v) is 7.88. The molecule has 1 aromatic heterocycles. The first-order chi connectivity index (χ1) is 15.8. The fourth-order valence-electron chi connectivity index (χ4n) is 3.64. The van der Waals surface area contributed by atoms with Crippen LogP contribution in [-0.4, -0.2) is 24.5 Å². The van der Waals surface area contributed by atoms with Gasteiger partial charge in [0.1, 0.15) is 0 Å². The highest BCUT2D eigenvalue weighted by atomic mass is 19.4. The summed E-state index contributed by atoms with van der Waals surface area (Å²) in [5.41, 5.74) is 11.1. The third-order valence-electron chi connectivity index (χ3n) is 5.34. The first-order valence-corrected chi connectivity index (χ1v) is 10.7. The Morgan fingerprint density at radius 3 is 2.52 bits per heavy atom. The Morgan fingerprint density at radius 1 is 1.09 bits per heavy atom. The number of halogens is 3. The number of nitrogens with two attached hydrogens (primary N) is 1. The summed E-state index contributed by atoms with van der Waals surface area (Å²) in [6.45, 7) is 4.47.